The lowest BCUT2D eigenvalue weighted by Gasteiger charge is -2.14. The second-order valence-electron chi connectivity index (χ2n) is 6.91. The Hall–Kier alpha value is -3.28. The van der Waals surface area contributed by atoms with Crippen LogP contribution in [-0.2, 0) is 13.0 Å². The third-order valence-corrected chi connectivity index (χ3v) is 4.81. The van der Waals surface area contributed by atoms with Crippen LogP contribution in [-0.4, -0.2) is 23.6 Å². The Labute approximate surface area is 162 Å². The van der Waals surface area contributed by atoms with E-state index in [0.29, 0.717) is 23.1 Å². The van der Waals surface area contributed by atoms with Crippen molar-refractivity contribution in [3.05, 3.63) is 69.5 Å². The molecule has 1 aliphatic heterocycles. The predicted molar refractivity (Wildman–Crippen MR) is 107 cm³/mol. The minimum absolute atomic E-state index is 0.136. The van der Waals surface area contributed by atoms with Gasteiger partial charge in [-0.05, 0) is 32.0 Å². The maximum atomic E-state index is 12.8. The van der Waals surface area contributed by atoms with Crippen LogP contribution in [0.4, 0.5) is 0 Å². The number of carbonyl (C=O) groups excluding carboxylic acids is 1. The molecule has 1 amide bonds. The van der Waals surface area contributed by atoms with E-state index in [1.807, 2.05) is 44.2 Å². The molecule has 0 bridgehead atoms. The first-order valence-corrected chi connectivity index (χ1v) is 9.40. The van der Waals surface area contributed by atoms with Crippen molar-refractivity contribution in [2.45, 2.75) is 32.9 Å². The second-order valence-corrected chi connectivity index (χ2v) is 6.91. The zero-order valence-electron chi connectivity index (χ0n) is 15.9. The smallest absolute Gasteiger partial charge is 0.252 e. The molecule has 6 heteroatoms. The Morgan fingerprint density at radius 1 is 1.29 bits per heavy atom. The zero-order chi connectivity index (χ0) is 19.7. The molecule has 3 aromatic rings. The predicted octanol–water partition coefficient (Wildman–Crippen LogP) is 3.18. The van der Waals surface area contributed by atoms with Crippen molar-refractivity contribution in [1.29, 1.82) is 0 Å². The van der Waals surface area contributed by atoms with Crippen LogP contribution in [0.5, 0.6) is 11.5 Å². The molecule has 2 heterocycles. The lowest BCUT2D eigenvalue weighted by Crippen LogP contribution is -2.25. The SMILES string of the molecule is CCOc1cc2c(cc1CNC(=O)c1cc(=O)[nH]c3ccccc13)OC(C)C2. The summed E-state index contributed by atoms with van der Waals surface area (Å²) in [7, 11) is 0. The molecule has 1 aliphatic rings. The van der Waals surface area contributed by atoms with Gasteiger partial charge in [-0.25, -0.2) is 0 Å². The molecule has 144 valence electrons. The molecule has 28 heavy (non-hydrogen) atoms. The summed E-state index contributed by atoms with van der Waals surface area (Å²) < 4.78 is 11.6. The fourth-order valence-corrected chi connectivity index (χ4v) is 3.57. The number of ether oxygens (including phenoxy) is 2. The summed E-state index contributed by atoms with van der Waals surface area (Å²) in [6.45, 7) is 4.77. The van der Waals surface area contributed by atoms with Gasteiger partial charge in [0.2, 0.25) is 5.56 Å². The van der Waals surface area contributed by atoms with Crippen LogP contribution in [0.1, 0.15) is 35.3 Å². The summed E-state index contributed by atoms with van der Waals surface area (Å²) in [5.41, 5.74) is 2.64. The number of amides is 1. The highest BCUT2D eigenvalue weighted by atomic mass is 16.5. The molecule has 0 spiro atoms. The number of aromatic amines is 1. The lowest BCUT2D eigenvalue weighted by atomic mass is 10.1. The minimum Gasteiger partial charge on any atom is -0.494 e. The second kappa shape index (κ2) is 7.38. The Morgan fingerprint density at radius 2 is 2.11 bits per heavy atom. The highest BCUT2D eigenvalue weighted by molar-refractivity contribution is 6.05. The van der Waals surface area contributed by atoms with Gasteiger partial charge in [-0.2, -0.15) is 0 Å². The highest BCUT2D eigenvalue weighted by Gasteiger charge is 2.22. The number of fused-ring (bicyclic) bond motifs is 2. The lowest BCUT2D eigenvalue weighted by molar-refractivity contribution is 0.0952. The van der Waals surface area contributed by atoms with Crippen molar-refractivity contribution in [1.82, 2.24) is 10.3 Å². The Balaban J connectivity index is 1.61. The number of carbonyl (C=O) groups is 1. The van der Waals surface area contributed by atoms with E-state index in [-0.39, 0.29) is 24.1 Å². The minimum atomic E-state index is -0.307. The molecule has 1 atom stereocenters. The molecule has 0 saturated heterocycles. The third kappa shape index (κ3) is 3.45. The van der Waals surface area contributed by atoms with E-state index in [2.05, 4.69) is 10.3 Å². The Kier molecular flexibility index (Phi) is 4.77. The fraction of sp³-hybridized carbons (Fsp3) is 0.273. The summed E-state index contributed by atoms with van der Waals surface area (Å²) in [5.74, 6) is 1.27. The number of benzene rings is 2. The highest BCUT2D eigenvalue weighted by Crippen LogP contribution is 2.35. The Bertz CT molecular complexity index is 1100. The first-order valence-electron chi connectivity index (χ1n) is 9.40. The Morgan fingerprint density at radius 3 is 2.93 bits per heavy atom. The monoisotopic (exact) mass is 378 g/mol. The summed E-state index contributed by atoms with van der Waals surface area (Å²) in [6, 6.07) is 12.5. The summed E-state index contributed by atoms with van der Waals surface area (Å²) in [5, 5.41) is 3.61. The van der Waals surface area contributed by atoms with Crippen LogP contribution < -0.4 is 20.3 Å². The standard InChI is InChI=1S/C22H22N2O4/c1-3-27-19-9-14-8-13(2)28-20(14)10-15(19)12-23-22(26)17-11-21(25)24-18-7-5-4-6-16(17)18/h4-7,9-11,13H,3,8,12H2,1-2H3,(H,23,26)(H,24,25). The number of para-hydroxylation sites is 1. The maximum Gasteiger partial charge on any atom is 0.252 e. The van der Waals surface area contributed by atoms with Gasteiger partial charge in [-0.1, -0.05) is 18.2 Å². The molecule has 0 aliphatic carbocycles. The number of hydrogen-bond donors (Lipinski definition) is 2. The van der Waals surface area contributed by atoms with Gasteiger partial charge in [-0.15, -0.1) is 0 Å². The number of nitrogens with one attached hydrogen (secondary N) is 2. The fourth-order valence-electron chi connectivity index (χ4n) is 3.57. The van der Waals surface area contributed by atoms with E-state index in [1.165, 1.54) is 6.07 Å². The molecule has 0 fully saturated rings. The van der Waals surface area contributed by atoms with Crippen LogP contribution in [0.15, 0.2) is 47.3 Å². The molecule has 2 N–H and O–H groups in total. The van der Waals surface area contributed by atoms with Crippen molar-refractivity contribution in [3.63, 3.8) is 0 Å². The van der Waals surface area contributed by atoms with Crippen molar-refractivity contribution in [2.75, 3.05) is 6.61 Å². The first-order chi connectivity index (χ1) is 13.5. The maximum absolute atomic E-state index is 12.8. The molecule has 2 aromatic carbocycles. The molecule has 1 unspecified atom stereocenters. The molecular weight excluding hydrogens is 356 g/mol. The zero-order valence-corrected chi connectivity index (χ0v) is 15.9. The quantitative estimate of drug-likeness (QED) is 0.715. The molecule has 0 saturated carbocycles. The number of rotatable bonds is 5. The van der Waals surface area contributed by atoms with Crippen LogP contribution in [0.2, 0.25) is 0 Å². The van der Waals surface area contributed by atoms with Crippen LogP contribution >= 0.6 is 0 Å². The van der Waals surface area contributed by atoms with Crippen molar-refractivity contribution >= 4 is 16.8 Å². The van der Waals surface area contributed by atoms with E-state index in [0.717, 1.165) is 29.0 Å². The number of H-pyrrole nitrogens is 1. The largest absolute Gasteiger partial charge is 0.494 e. The van der Waals surface area contributed by atoms with Crippen molar-refractivity contribution < 1.29 is 14.3 Å². The average molecular weight is 378 g/mol. The van der Waals surface area contributed by atoms with E-state index in [9.17, 15) is 9.59 Å². The summed E-state index contributed by atoms with van der Waals surface area (Å²) >= 11 is 0. The number of pyridine rings is 1. The van der Waals surface area contributed by atoms with Gasteiger partial charge in [0.05, 0.1) is 12.2 Å². The summed E-state index contributed by atoms with van der Waals surface area (Å²) in [4.78, 5) is 27.5. The van der Waals surface area contributed by atoms with Crippen LogP contribution in [0, 0.1) is 0 Å². The van der Waals surface area contributed by atoms with Crippen molar-refractivity contribution in [3.8, 4) is 11.5 Å². The van der Waals surface area contributed by atoms with Gasteiger partial charge in [-0.3, -0.25) is 9.59 Å². The third-order valence-electron chi connectivity index (χ3n) is 4.81. The van der Waals surface area contributed by atoms with Gasteiger partial charge in [0.1, 0.15) is 17.6 Å². The van der Waals surface area contributed by atoms with E-state index in [4.69, 9.17) is 9.47 Å². The van der Waals surface area contributed by atoms with Crippen LogP contribution in [0.25, 0.3) is 10.9 Å². The first kappa shape index (κ1) is 18.1. The van der Waals surface area contributed by atoms with Gasteiger partial charge in [0, 0.05) is 41.1 Å². The summed E-state index contributed by atoms with van der Waals surface area (Å²) in [6.07, 6.45) is 0.984. The van der Waals surface area contributed by atoms with Crippen LogP contribution in [0.3, 0.4) is 0 Å². The van der Waals surface area contributed by atoms with E-state index in [1.54, 1.807) is 6.07 Å². The molecule has 6 nitrogen and oxygen atoms in total. The molecule has 4 rings (SSSR count). The van der Waals surface area contributed by atoms with E-state index < -0.39 is 0 Å². The average Bonchev–Trinajstić information content (AvgIpc) is 3.04. The van der Waals surface area contributed by atoms with Gasteiger partial charge in [0.25, 0.3) is 5.91 Å². The molecular formula is C22H22N2O4. The van der Waals surface area contributed by atoms with Gasteiger partial charge < -0.3 is 19.8 Å². The van der Waals surface area contributed by atoms with E-state index >= 15 is 0 Å². The molecule has 0 radical (unpaired) electrons. The van der Waals surface area contributed by atoms with Gasteiger partial charge in [0.15, 0.2) is 0 Å². The normalized spacial score (nSPS) is 15.1. The van der Waals surface area contributed by atoms with Gasteiger partial charge >= 0.3 is 0 Å². The number of hydrogen-bond acceptors (Lipinski definition) is 4. The topological polar surface area (TPSA) is 80.4 Å². The van der Waals surface area contributed by atoms with Crippen molar-refractivity contribution in [2.24, 2.45) is 0 Å². The molecule has 1 aromatic heterocycles. The number of aromatic nitrogens is 1.